The zero-order valence-electron chi connectivity index (χ0n) is 22.4. The summed E-state index contributed by atoms with van der Waals surface area (Å²) in [6, 6.07) is 15.4. The molecule has 1 N–H and O–H groups in total. The lowest BCUT2D eigenvalue weighted by atomic mass is 9.83. The number of carboxylic acids is 1. The van der Waals surface area contributed by atoms with Crippen LogP contribution < -0.4 is 4.74 Å². The molecule has 0 aliphatic carbocycles. The Balaban J connectivity index is 1.42. The van der Waals surface area contributed by atoms with Gasteiger partial charge in [0.2, 0.25) is 0 Å². The Hall–Kier alpha value is -3.91. The third-order valence-corrected chi connectivity index (χ3v) is 8.44. The number of nitrogens with zero attached hydrogens (tertiary/aromatic N) is 4. The van der Waals surface area contributed by atoms with E-state index in [-0.39, 0.29) is 18.2 Å². The van der Waals surface area contributed by atoms with Gasteiger partial charge >= 0.3 is 5.97 Å². The summed E-state index contributed by atoms with van der Waals surface area (Å²) < 4.78 is 7.83. The van der Waals surface area contributed by atoms with Crippen molar-refractivity contribution in [2.24, 2.45) is 0 Å². The number of halogens is 1. The Morgan fingerprint density at radius 3 is 2.77 bits per heavy atom. The predicted octanol–water partition coefficient (Wildman–Crippen LogP) is 5.76. The van der Waals surface area contributed by atoms with Crippen molar-refractivity contribution < 1.29 is 19.4 Å². The molecule has 4 aromatic rings. The van der Waals surface area contributed by atoms with Crippen LogP contribution in [0.2, 0.25) is 5.02 Å². The number of amides is 1. The molecule has 9 heteroatoms. The molecule has 5 aliphatic heterocycles. The van der Waals surface area contributed by atoms with Gasteiger partial charge < -0.3 is 14.7 Å². The highest BCUT2D eigenvalue weighted by molar-refractivity contribution is 6.34. The van der Waals surface area contributed by atoms with Crippen LogP contribution in [0.15, 0.2) is 48.5 Å². The molecule has 1 amide bonds. The number of ether oxygens (including phenoxy) is 1. The van der Waals surface area contributed by atoms with E-state index in [0.29, 0.717) is 36.0 Å². The summed E-state index contributed by atoms with van der Waals surface area (Å²) in [5.41, 5.74) is 7.17. The van der Waals surface area contributed by atoms with Gasteiger partial charge in [0.05, 0.1) is 29.1 Å². The Morgan fingerprint density at radius 2 is 1.95 bits per heavy atom. The zero-order valence-corrected chi connectivity index (χ0v) is 23.2. The van der Waals surface area contributed by atoms with Crippen LogP contribution in [0, 0.1) is 6.92 Å². The highest BCUT2D eigenvalue weighted by Gasteiger charge is 2.27. The fraction of sp³-hybridized carbons (Fsp3) is 0.355. The molecule has 0 radical (unpaired) electrons. The average molecular weight is 559 g/mol. The molecule has 5 aliphatic rings. The van der Waals surface area contributed by atoms with Crippen molar-refractivity contribution in [1.29, 1.82) is 0 Å². The molecule has 0 fully saturated rings. The molecule has 9 rings (SSSR count). The second-order valence-corrected chi connectivity index (χ2v) is 11.1. The molecule has 9 bridgehead atoms. The van der Waals surface area contributed by atoms with Gasteiger partial charge in [-0.25, -0.2) is 4.68 Å². The van der Waals surface area contributed by atoms with E-state index in [0.717, 1.165) is 65.5 Å². The van der Waals surface area contributed by atoms with Crippen LogP contribution >= 0.6 is 11.6 Å². The quantitative estimate of drug-likeness (QED) is 0.336. The number of rotatable bonds is 2. The Labute approximate surface area is 237 Å². The molecule has 0 saturated heterocycles. The molecule has 3 aromatic carbocycles. The van der Waals surface area contributed by atoms with Crippen LogP contribution in [0.5, 0.6) is 5.75 Å². The van der Waals surface area contributed by atoms with Gasteiger partial charge in [0.15, 0.2) is 0 Å². The van der Waals surface area contributed by atoms with Crippen molar-refractivity contribution in [3.8, 4) is 5.75 Å². The van der Waals surface area contributed by atoms with Gasteiger partial charge in [0, 0.05) is 25.6 Å². The summed E-state index contributed by atoms with van der Waals surface area (Å²) in [5, 5.41) is 19.1. The molecule has 8 nitrogen and oxygen atoms in total. The smallest absolute Gasteiger partial charge is 0.304 e. The lowest BCUT2D eigenvalue weighted by molar-refractivity contribution is -0.137. The number of hydrogen-bond acceptors (Lipinski definition) is 5. The normalized spacial score (nSPS) is 17.7. The number of aliphatic carboxylic acids is 1. The minimum atomic E-state index is -0.869. The van der Waals surface area contributed by atoms with Crippen molar-refractivity contribution in [3.05, 3.63) is 86.9 Å². The monoisotopic (exact) mass is 558 g/mol. The van der Waals surface area contributed by atoms with Crippen LogP contribution in [0.3, 0.4) is 0 Å². The Kier molecular flexibility index (Phi) is 7.19. The highest BCUT2D eigenvalue weighted by atomic mass is 35.5. The summed E-state index contributed by atoms with van der Waals surface area (Å²) in [4.78, 5) is 27.3. The summed E-state index contributed by atoms with van der Waals surface area (Å²) in [5.74, 6) is -0.703. The molecule has 0 saturated carbocycles. The van der Waals surface area contributed by atoms with Crippen molar-refractivity contribution in [1.82, 2.24) is 19.9 Å². The molecule has 0 spiro atoms. The van der Waals surface area contributed by atoms with Crippen molar-refractivity contribution in [3.63, 3.8) is 0 Å². The van der Waals surface area contributed by atoms with E-state index in [1.807, 2.05) is 34.7 Å². The van der Waals surface area contributed by atoms with Crippen molar-refractivity contribution in [2.75, 3.05) is 13.2 Å². The first-order chi connectivity index (χ1) is 19.4. The number of aryl methyl sites for hydroxylation is 2. The molecule has 1 aromatic heterocycles. The van der Waals surface area contributed by atoms with Crippen molar-refractivity contribution in [2.45, 2.75) is 58.0 Å². The zero-order chi connectivity index (χ0) is 27.8. The van der Waals surface area contributed by atoms with Gasteiger partial charge in [-0.2, -0.15) is 0 Å². The second-order valence-electron chi connectivity index (χ2n) is 10.7. The van der Waals surface area contributed by atoms with Gasteiger partial charge in [-0.3, -0.25) is 9.59 Å². The lowest BCUT2D eigenvalue weighted by Crippen LogP contribution is -2.36. The number of benzene rings is 3. The van der Waals surface area contributed by atoms with Gasteiger partial charge in [0.25, 0.3) is 5.91 Å². The Morgan fingerprint density at radius 1 is 1.07 bits per heavy atom. The topological polar surface area (TPSA) is 97.5 Å². The fourth-order valence-electron chi connectivity index (χ4n) is 5.93. The van der Waals surface area contributed by atoms with E-state index in [1.54, 1.807) is 18.2 Å². The summed E-state index contributed by atoms with van der Waals surface area (Å²) in [6.45, 7) is 4.31. The standard InChI is InChI=1S/C31H31ClN4O4/c1-19-24-9-10-28-30(19)33-34-36(28)12-3-2-4-14-40-23-7-8-25(27(32)16-23)31(39)35-13-11-20-5-6-21(15-22(20)18-35)26(24)17-29(37)38/h5-10,15-16,26H,2-4,11-14,17-18H2,1H3,(H,37,38). The van der Waals surface area contributed by atoms with E-state index in [1.165, 1.54) is 5.56 Å². The molecule has 40 heavy (non-hydrogen) atoms. The van der Waals surface area contributed by atoms with Crippen LogP contribution in [0.4, 0.5) is 0 Å². The first-order valence-corrected chi connectivity index (χ1v) is 14.1. The molecular weight excluding hydrogens is 528 g/mol. The van der Waals surface area contributed by atoms with Crippen LogP contribution in [-0.4, -0.2) is 50.0 Å². The van der Waals surface area contributed by atoms with Crippen LogP contribution in [0.25, 0.3) is 11.0 Å². The second kappa shape index (κ2) is 10.9. The maximum atomic E-state index is 13.5. The third-order valence-electron chi connectivity index (χ3n) is 8.12. The summed E-state index contributed by atoms with van der Waals surface area (Å²) in [7, 11) is 0. The van der Waals surface area contributed by atoms with Gasteiger partial charge in [0.1, 0.15) is 11.3 Å². The maximum absolute atomic E-state index is 13.5. The van der Waals surface area contributed by atoms with Crippen LogP contribution in [0.1, 0.15) is 69.8 Å². The minimum absolute atomic E-state index is 0.0497. The fourth-order valence-corrected chi connectivity index (χ4v) is 6.19. The third kappa shape index (κ3) is 5.04. The Bertz CT molecular complexity index is 1610. The van der Waals surface area contributed by atoms with E-state index < -0.39 is 5.97 Å². The molecule has 1 atom stereocenters. The number of hydrogen-bond donors (Lipinski definition) is 1. The average Bonchev–Trinajstić information content (AvgIpc) is 3.36. The van der Waals surface area contributed by atoms with Gasteiger partial charge in [-0.15, -0.1) is 5.10 Å². The minimum Gasteiger partial charge on any atom is -0.494 e. The maximum Gasteiger partial charge on any atom is 0.304 e. The van der Waals surface area contributed by atoms with E-state index >= 15 is 0 Å². The first-order valence-electron chi connectivity index (χ1n) is 13.8. The first kappa shape index (κ1) is 26.3. The lowest BCUT2D eigenvalue weighted by Gasteiger charge is -2.30. The van der Waals surface area contributed by atoms with E-state index in [4.69, 9.17) is 16.3 Å². The molecule has 206 valence electrons. The SMILES string of the molecule is Cc1c2ccc3c1nnn3CCCCCOc1ccc(c(Cl)c1)C(=O)N1CCc3ccc(cc3C1)C2CC(=O)O. The summed E-state index contributed by atoms with van der Waals surface area (Å²) in [6.07, 6.45) is 3.42. The summed E-state index contributed by atoms with van der Waals surface area (Å²) >= 11 is 6.54. The van der Waals surface area contributed by atoms with E-state index in [2.05, 4.69) is 22.4 Å². The largest absolute Gasteiger partial charge is 0.494 e. The number of carbonyl (C=O) groups excluding carboxylic acids is 1. The number of carbonyl (C=O) groups is 2. The molecule has 6 heterocycles. The number of carboxylic acid groups (broad SMARTS) is 1. The van der Waals surface area contributed by atoms with Crippen LogP contribution in [-0.2, 0) is 24.3 Å². The van der Waals surface area contributed by atoms with Gasteiger partial charge in [-0.05, 0) is 84.7 Å². The van der Waals surface area contributed by atoms with Crippen molar-refractivity contribution >= 4 is 34.5 Å². The highest BCUT2D eigenvalue weighted by Crippen LogP contribution is 2.36. The number of aromatic nitrogens is 3. The molecule has 1 unspecified atom stereocenters. The van der Waals surface area contributed by atoms with Gasteiger partial charge in [-0.1, -0.05) is 41.1 Å². The van der Waals surface area contributed by atoms with E-state index in [9.17, 15) is 14.7 Å². The molecular formula is C31H31ClN4O4. The predicted molar refractivity (Wildman–Crippen MR) is 152 cm³/mol.